The molecule has 6 heteroatoms. The lowest BCUT2D eigenvalue weighted by Crippen LogP contribution is -2.24. The maximum atomic E-state index is 12.6. The van der Waals surface area contributed by atoms with E-state index in [9.17, 15) is 4.79 Å². The molecule has 1 heterocycles. The standard InChI is InChI=1S/C21H20N2O4/c1-25-15-6-3-13(4-7-15)12-22-21(24)19-18-9-5-14-11-16(26-2)8-10-17(14)20(18)27-23-19/h3-4,6-8,10-11H,5,9,12H2,1-2H3,(H,22,24). The van der Waals surface area contributed by atoms with Gasteiger partial charge in [0.25, 0.3) is 5.91 Å². The summed E-state index contributed by atoms with van der Waals surface area (Å²) in [4.78, 5) is 12.6. The van der Waals surface area contributed by atoms with Crippen LogP contribution < -0.4 is 14.8 Å². The number of fused-ring (bicyclic) bond motifs is 3. The number of methoxy groups -OCH3 is 2. The van der Waals surface area contributed by atoms with Gasteiger partial charge in [-0.15, -0.1) is 0 Å². The Hall–Kier alpha value is -3.28. The quantitative estimate of drug-likeness (QED) is 0.751. The molecule has 1 aliphatic carbocycles. The Bertz CT molecular complexity index is 976. The van der Waals surface area contributed by atoms with E-state index in [0.29, 0.717) is 24.4 Å². The number of aryl methyl sites for hydroxylation is 1. The predicted molar refractivity (Wildman–Crippen MR) is 100 cm³/mol. The van der Waals surface area contributed by atoms with Gasteiger partial charge in [-0.2, -0.15) is 0 Å². The van der Waals surface area contributed by atoms with Gasteiger partial charge < -0.3 is 19.3 Å². The van der Waals surface area contributed by atoms with Crippen molar-refractivity contribution in [1.82, 2.24) is 10.5 Å². The number of carbonyl (C=O) groups is 1. The van der Waals surface area contributed by atoms with Crippen molar-refractivity contribution in [2.45, 2.75) is 19.4 Å². The largest absolute Gasteiger partial charge is 0.497 e. The highest BCUT2D eigenvalue weighted by Crippen LogP contribution is 2.36. The second-order valence-corrected chi connectivity index (χ2v) is 6.39. The summed E-state index contributed by atoms with van der Waals surface area (Å²) >= 11 is 0. The van der Waals surface area contributed by atoms with Gasteiger partial charge in [-0.05, 0) is 54.3 Å². The summed E-state index contributed by atoms with van der Waals surface area (Å²) in [5.41, 5.74) is 4.32. The molecule has 0 bridgehead atoms. The number of rotatable bonds is 5. The lowest BCUT2D eigenvalue weighted by Gasteiger charge is -2.15. The zero-order valence-corrected chi connectivity index (χ0v) is 15.2. The van der Waals surface area contributed by atoms with Gasteiger partial charge in [0.2, 0.25) is 0 Å². The van der Waals surface area contributed by atoms with E-state index in [-0.39, 0.29) is 5.91 Å². The van der Waals surface area contributed by atoms with Gasteiger partial charge in [-0.25, -0.2) is 0 Å². The number of nitrogens with one attached hydrogen (secondary N) is 1. The van der Waals surface area contributed by atoms with Crippen LogP contribution in [0.1, 0.15) is 27.2 Å². The van der Waals surface area contributed by atoms with Crippen molar-refractivity contribution in [1.29, 1.82) is 0 Å². The Morgan fingerprint density at radius 1 is 1.07 bits per heavy atom. The van der Waals surface area contributed by atoms with Gasteiger partial charge >= 0.3 is 0 Å². The Labute approximate surface area is 157 Å². The molecule has 27 heavy (non-hydrogen) atoms. The smallest absolute Gasteiger partial charge is 0.274 e. The van der Waals surface area contributed by atoms with E-state index in [1.165, 1.54) is 0 Å². The normalized spacial score (nSPS) is 12.1. The molecule has 6 nitrogen and oxygen atoms in total. The van der Waals surface area contributed by atoms with Crippen LogP contribution in [0.25, 0.3) is 11.3 Å². The highest BCUT2D eigenvalue weighted by Gasteiger charge is 2.27. The second kappa shape index (κ2) is 7.15. The molecule has 0 aliphatic heterocycles. The first kappa shape index (κ1) is 17.1. The van der Waals surface area contributed by atoms with Crippen LogP contribution in [0.4, 0.5) is 0 Å². The van der Waals surface area contributed by atoms with Crippen molar-refractivity contribution in [3.8, 4) is 22.8 Å². The molecule has 1 N–H and O–H groups in total. The number of amides is 1. The molecule has 3 aromatic rings. The topological polar surface area (TPSA) is 73.6 Å². The zero-order valence-electron chi connectivity index (χ0n) is 15.2. The highest BCUT2D eigenvalue weighted by molar-refractivity contribution is 5.95. The predicted octanol–water partition coefficient (Wildman–Crippen LogP) is 3.39. The van der Waals surface area contributed by atoms with E-state index < -0.39 is 0 Å². The van der Waals surface area contributed by atoms with Crippen molar-refractivity contribution >= 4 is 5.91 Å². The molecule has 1 amide bonds. The van der Waals surface area contributed by atoms with Gasteiger partial charge in [0.05, 0.1) is 14.2 Å². The summed E-state index contributed by atoms with van der Waals surface area (Å²) in [5.74, 6) is 2.04. The van der Waals surface area contributed by atoms with E-state index in [2.05, 4.69) is 10.5 Å². The van der Waals surface area contributed by atoms with Crippen molar-refractivity contribution in [2.75, 3.05) is 14.2 Å². The van der Waals surface area contributed by atoms with Gasteiger partial charge in [-0.3, -0.25) is 4.79 Å². The second-order valence-electron chi connectivity index (χ2n) is 6.39. The van der Waals surface area contributed by atoms with E-state index in [1.807, 2.05) is 42.5 Å². The third-order valence-electron chi connectivity index (χ3n) is 4.82. The SMILES string of the molecule is COc1ccc(CNC(=O)c2noc3c2CCc2cc(OC)ccc2-3)cc1. The molecule has 0 saturated heterocycles. The fourth-order valence-corrected chi connectivity index (χ4v) is 3.33. The number of hydrogen-bond acceptors (Lipinski definition) is 5. The van der Waals surface area contributed by atoms with Crippen LogP contribution in [-0.4, -0.2) is 25.3 Å². The molecule has 1 aliphatic rings. The average molecular weight is 364 g/mol. The third-order valence-corrected chi connectivity index (χ3v) is 4.82. The van der Waals surface area contributed by atoms with E-state index in [1.54, 1.807) is 14.2 Å². The molecule has 138 valence electrons. The monoisotopic (exact) mass is 364 g/mol. The fraction of sp³-hybridized carbons (Fsp3) is 0.238. The molecular formula is C21H20N2O4. The first-order valence-corrected chi connectivity index (χ1v) is 8.76. The van der Waals surface area contributed by atoms with Crippen molar-refractivity contribution in [3.63, 3.8) is 0 Å². The summed E-state index contributed by atoms with van der Waals surface area (Å²) in [7, 11) is 3.27. The summed E-state index contributed by atoms with van der Waals surface area (Å²) in [6.07, 6.45) is 1.53. The molecule has 0 radical (unpaired) electrons. The number of nitrogens with zero attached hydrogens (tertiary/aromatic N) is 1. The molecule has 4 rings (SSSR count). The van der Waals surface area contributed by atoms with Gasteiger partial charge in [-0.1, -0.05) is 17.3 Å². The van der Waals surface area contributed by atoms with Gasteiger partial charge in [0.15, 0.2) is 11.5 Å². The van der Waals surface area contributed by atoms with E-state index in [4.69, 9.17) is 14.0 Å². The minimum Gasteiger partial charge on any atom is -0.497 e. The van der Waals surface area contributed by atoms with Crippen LogP contribution in [0.15, 0.2) is 47.0 Å². The van der Waals surface area contributed by atoms with Crippen LogP contribution in [0.5, 0.6) is 11.5 Å². The van der Waals surface area contributed by atoms with Crippen LogP contribution in [-0.2, 0) is 19.4 Å². The maximum Gasteiger partial charge on any atom is 0.274 e. The van der Waals surface area contributed by atoms with Crippen molar-refractivity contribution < 1.29 is 18.8 Å². The summed E-state index contributed by atoms with van der Waals surface area (Å²) in [6, 6.07) is 13.4. The first-order valence-electron chi connectivity index (χ1n) is 8.76. The fourth-order valence-electron chi connectivity index (χ4n) is 3.33. The van der Waals surface area contributed by atoms with Crippen LogP contribution in [0, 0.1) is 0 Å². The molecule has 0 unspecified atom stereocenters. The van der Waals surface area contributed by atoms with Crippen molar-refractivity contribution in [3.05, 3.63) is 64.8 Å². The Morgan fingerprint density at radius 3 is 2.56 bits per heavy atom. The summed E-state index contributed by atoms with van der Waals surface area (Å²) in [5, 5.41) is 6.95. The lowest BCUT2D eigenvalue weighted by atomic mass is 9.89. The molecular weight excluding hydrogens is 344 g/mol. The Morgan fingerprint density at radius 2 is 1.81 bits per heavy atom. The molecule has 1 aromatic heterocycles. The number of aromatic nitrogens is 1. The maximum absolute atomic E-state index is 12.6. The number of hydrogen-bond donors (Lipinski definition) is 1. The Balaban J connectivity index is 1.52. The van der Waals surface area contributed by atoms with Crippen molar-refractivity contribution in [2.24, 2.45) is 0 Å². The lowest BCUT2D eigenvalue weighted by molar-refractivity contribution is 0.0941. The molecule has 0 fully saturated rings. The first-order chi connectivity index (χ1) is 13.2. The zero-order chi connectivity index (χ0) is 18.8. The number of ether oxygens (including phenoxy) is 2. The van der Waals surface area contributed by atoms with Crippen LogP contribution in [0.3, 0.4) is 0 Å². The molecule has 0 atom stereocenters. The minimum atomic E-state index is -0.229. The molecule has 2 aromatic carbocycles. The summed E-state index contributed by atoms with van der Waals surface area (Å²) in [6.45, 7) is 0.415. The molecule has 0 saturated carbocycles. The van der Waals surface area contributed by atoms with Crippen LogP contribution >= 0.6 is 0 Å². The number of benzene rings is 2. The van der Waals surface area contributed by atoms with Gasteiger partial charge in [0.1, 0.15) is 11.5 Å². The summed E-state index contributed by atoms with van der Waals surface area (Å²) < 4.78 is 15.9. The minimum absolute atomic E-state index is 0.229. The van der Waals surface area contributed by atoms with Crippen LogP contribution in [0.2, 0.25) is 0 Å². The van der Waals surface area contributed by atoms with Gasteiger partial charge in [0, 0.05) is 17.7 Å². The van der Waals surface area contributed by atoms with E-state index in [0.717, 1.165) is 40.2 Å². The third kappa shape index (κ3) is 3.26. The highest BCUT2D eigenvalue weighted by atomic mass is 16.5. The van der Waals surface area contributed by atoms with E-state index >= 15 is 0 Å². The molecule has 0 spiro atoms. The number of carbonyl (C=O) groups excluding carboxylic acids is 1. The Kier molecular flexibility index (Phi) is 4.54. The average Bonchev–Trinajstić information content (AvgIpc) is 3.16.